The number of nitrogen functional groups attached to an aromatic ring is 1. The smallest absolute Gasteiger partial charge is 0.195 e. The number of rotatable bonds is 3. The van der Waals surface area contributed by atoms with Crippen LogP contribution in [0.4, 0.5) is 5.69 Å². The van der Waals surface area contributed by atoms with Gasteiger partial charge in [-0.25, -0.2) is 0 Å². The van der Waals surface area contributed by atoms with Gasteiger partial charge < -0.3 is 5.73 Å². The molecule has 2 N–H and O–H groups in total. The van der Waals surface area contributed by atoms with E-state index in [-0.39, 0.29) is 5.78 Å². The molecule has 0 amide bonds. The highest BCUT2D eigenvalue weighted by molar-refractivity contribution is 6.31. The van der Waals surface area contributed by atoms with Gasteiger partial charge in [0.2, 0.25) is 0 Å². The monoisotopic (exact) mass is 285 g/mol. The van der Waals surface area contributed by atoms with Gasteiger partial charge in [-0.2, -0.15) is 0 Å². The van der Waals surface area contributed by atoms with Crippen LogP contribution in [-0.4, -0.2) is 5.78 Å². The molecule has 0 aliphatic heterocycles. The van der Waals surface area contributed by atoms with Crippen LogP contribution >= 0.6 is 11.6 Å². The van der Waals surface area contributed by atoms with Gasteiger partial charge in [0.15, 0.2) is 5.78 Å². The second-order valence-corrected chi connectivity index (χ2v) is 5.75. The number of nitrogens with two attached hydrogens (primary N) is 1. The molecule has 1 aliphatic carbocycles. The third-order valence-corrected chi connectivity index (χ3v) is 4.24. The maximum atomic E-state index is 12.4. The van der Waals surface area contributed by atoms with Crippen LogP contribution < -0.4 is 5.73 Å². The molecule has 0 atom stereocenters. The number of carbonyl (C=O) groups is 1. The van der Waals surface area contributed by atoms with Gasteiger partial charge in [-0.05, 0) is 42.5 Å². The van der Waals surface area contributed by atoms with Crippen molar-refractivity contribution in [3.05, 3.63) is 64.2 Å². The lowest BCUT2D eigenvalue weighted by molar-refractivity contribution is 0.103. The second kappa shape index (κ2) is 5.29. The summed E-state index contributed by atoms with van der Waals surface area (Å²) >= 11 is 5.85. The minimum absolute atomic E-state index is 0.0562. The summed E-state index contributed by atoms with van der Waals surface area (Å²) in [5.41, 5.74) is 8.79. The average Bonchev–Trinajstić information content (AvgIpc) is 2.37. The number of benzene rings is 2. The van der Waals surface area contributed by atoms with Crippen molar-refractivity contribution in [2.45, 2.75) is 25.2 Å². The SMILES string of the molecule is Nc1cc(Cl)ccc1C(=O)c1ccc(C2CCC2)cc1. The minimum atomic E-state index is -0.0562. The highest BCUT2D eigenvalue weighted by Gasteiger charge is 2.20. The van der Waals surface area contributed by atoms with Crippen molar-refractivity contribution in [3.8, 4) is 0 Å². The molecule has 1 saturated carbocycles. The first-order chi connectivity index (χ1) is 9.65. The van der Waals surface area contributed by atoms with Crippen LogP contribution in [0.1, 0.15) is 46.7 Å². The summed E-state index contributed by atoms with van der Waals surface area (Å²) in [6.07, 6.45) is 3.83. The second-order valence-electron chi connectivity index (χ2n) is 5.31. The van der Waals surface area contributed by atoms with Gasteiger partial charge in [-0.15, -0.1) is 0 Å². The third kappa shape index (κ3) is 2.44. The molecule has 0 radical (unpaired) electrons. The van der Waals surface area contributed by atoms with Gasteiger partial charge in [0.1, 0.15) is 0 Å². The van der Waals surface area contributed by atoms with Crippen molar-refractivity contribution in [2.24, 2.45) is 0 Å². The van der Waals surface area contributed by atoms with Crippen molar-refractivity contribution in [3.63, 3.8) is 0 Å². The van der Waals surface area contributed by atoms with E-state index in [0.717, 1.165) is 0 Å². The first-order valence-corrected chi connectivity index (χ1v) is 7.22. The lowest BCUT2D eigenvalue weighted by Crippen LogP contribution is -2.09. The molecule has 0 aromatic heterocycles. The number of halogens is 1. The average molecular weight is 286 g/mol. The molecule has 3 heteroatoms. The molecule has 2 aromatic rings. The Hall–Kier alpha value is -1.80. The third-order valence-electron chi connectivity index (χ3n) is 4.01. The summed E-state index contributed by atoms with van der Waals surface area (Å²) in [5.74, 6) is 0.624. The fraction of sp³-hybridized carbons (Fsp3) is 0.235. The van der Waals surface area contributed by atoms with Gasteiger partial charge in [0, 0.05) is 21.8 Å². The standard InChI is InChI=1S/C17H16ClNO/c18-14-8-9-15(16(19)10-14)17(20)13-6-4-12(5-7-13)11-2-1-3-11/h4-11H,1-3,19H2. The Morgan fingerprint density at radius 2 is 1.80 bits per heavy atom. The van der Waals surface area contributed by atoms with Crippen molar-refractivity contribution >= 4 is 23.1 Å². The Morgan fingerprint density at radius 3 is 2.35 bits per heavy atom. The number of hydrogen-bond donors (Lipinski definition) is 1. The summed E-state index contributed by atoms with van der Waals surface area (Å²) in [7, 11) is 0. The fourth-order valence-corrected chi connectivity index (χ4v) is 2.72. The van der Waals surface area contributed by atoms with Crippen LogP contribution in [0.5, 0.6) is 0 Å². The molecule has 0 bridgehead atoms. The van der Waals surface area contributed by atoms with E-state index in [1.165, 1.54) is 24.8 Å². The van der Waals surface area contributed by atoms with Crippen LogP contribution in [0.3, 0.4) is 0 Å². The van der Waals surface area contributed by atoms with Crippen LogP contribution in [0, 0.1) is 0 Å². The highest BCUT2D eigenvalue weighted by atomic mass is 35.5. The van der Waals surface area contributed by atoms with Gasteiger partial charge in [-0.1, -0.05) is 42.3 Å². The van der Waals surface area contributed by atoms with E-state index in [1.807, 2.05) is 12.1 Å². The topological polar surface area (TPSA) is 43.1 Å². The Kier molecular flexibility index (Phi) is 3.49. The fourth-order valence-electron chi connectivity index (χ4n) is 2.54. The van der Waals surface area contributed by atoms with E-state index in [1.54, 1.807) is 18.2 Å². The number of hydrogen-bond acceptors (Lipinski definition) is 2. The molecule has 3 rings (SSSR count). The summed E-state index contributed by atoms with van der Waals surface area (Å²) < 4.78 is 0. The van der Waals surface area contributed by atoms with E-state index in [4.69, 9.17) is 17.3 Å². The molecule has 20 heavy (non-hydrogen) atoms. The molecule has 2 nitrogen and oxygen atoms in total. The molecule has 1 aliphatic rings. The van der Waals surface area contributed by atoms with Crippen LogP contribution in [0.2, 0.25) is 5.02 Å². The Labute approximate surface area is 123 Å². The number of ketones is 1. The largest absolute Gasteiger partial charge is 0.398 e. The molecule has 0 heterocycles. The van der Waals surface area contributed by atoms with Crippen LogP contribution in [0.15, 0.2) is 42.5 Å². The molecule has 1 fully saturated rings. The predicted molar refractivity (Wildman–Crippen MR) is 82.3 cm³/mol. The molecule has 0 unspecified atom stereocenters. The summed E-state index contributed by atoms with van der Waals surface area (Å²) in [5, 5.41) is 0.541. The normalized spacial score (nSPS) is 14.8. The molecule has 0 spiro atoms. The van der Waals surface area contributed by atoms with E-state index < -0.39 is 0 Å². The first-order valence-electron chi connectivity index (χ1n) is 6.85. The Bertz CT molecular complexity index is 645. The predicted octanol–water partition coefficient (Wildman–Crippen LogP) is 4.42. The van der Waals surface area contributed by atoms with Crippen molar-refractivity contribution in [2.75, 3.05) is 5.73 Å². The summed E-state index contributed by atoms with van der Waals surface area (Å²) in [6, 6.07) is 12.9. The zero-order chi connectivity index (χ0) is 14.1. The molecular weight excluding hydrogens is 270 g/mol. The first kappa shape index (κ1) is 13.2. The van der Waals surface area contributed by atoms with E-state index >= 15 is 0 Å². The van der Waals surface area contributed by atoms with E-state index in [0.29, 0.717) is 27.8 Å². The lowest BCUT2D eigenvalue weighted by atomic mass is 9.80. The molecular formula is C17H16ClNO. The van der Waals surface area contributed by atoms with Crippen LogP contribution in [-0.2, 0) is 0 Å². The van der Waals surface area contributed by atoms with Crippen molar-refractivity contribution in [1.29, 1.82) is 0 Å². The number of carbonyl (C=O) groups excluding carboxylic acids is 1. The van der Waals surface area contributed by atoms with Crippen molar-refractivity contribution < 1.29 is 4.79 Å². The van der Waals surface area contributed by atoms with Gasteiger partial charge in [-0.3, -0.25) is 4.79 Å². The zero-order valence-electron chi connectivity index (χ0n) is 11.1. The lowest BCUT2D eigenvalue weighted by Gasteiger charge is -2.25. The Morgan fingerprint density at radius 1 is 1.10 bits per heavy atom. The van der Waals surface area contributed by atoms with Gasteiger partial charge in [0.25, 0.3) is 0 Å². The zero-order valence-corrected chi connectivity index (χ0v) is 11.9. The summed E-state index contributed by atoms with van der Waals surface area (Å²) in [4.78, 5) is 12.4. The Balaban J connectivity index is 1.86. The van der Waals surface area contributed by atoms with Crippen LogP contribution in [0.25, 0.3) is 0 Å². The molecule has 102 valence electrons. The minimum Gasteiger partial charge on any atom is -0.398 e. The van der Waals surface area contributed by atoms with Gasteiger partial charge in [0.05, 0.1) is 0 Å². The molecule has 0 saturated heterocycles. The summed E-state index contributed by atoms with van der Waals surface area (Å²) in [6.45, 7) is 0. The maximum Gasteiger partial charge on any atom is 0.195 e. The molecule has 2 aromatic carbocycles. The highest BCUT2D eigenvalue weighted by Crippen LogP contribution is 2.36. The maximum absolute atomic E-state index is 12.4. The van der Waals surface area contributed by atoms with Crippen molar-refractivity contribution in [1.82, 2.24) is 0 Å². The quantitative estimate of drug-likeness (QED) is 0.670. The number of anilines is 1. The van der Waals surface area contributed by atoms with Gasteiger partial charge >= 0.3 is 0 Å². The van der Waals surface area contributed by atoms with E-state index in [2.05, 4.69) is 12.1 Å². The van der Waals surface area contributed by atoms with E-state index in [9.17, 15) is 4.79 Å².